The normalized spacial score (nSPS) is 18.5. The summed E-state index contributed by atoms with van der Waals surface area (Å²) in [6, 6.07) is 8.71. The highest BCUT2D eigenvalue weighted by molar-refractivity contribution is 6.30. The Balaban J connectivity index is 1.50. The van der Waals surface area contributed by atoms with Crippen LogP contribution in [-0.4, -0.2) is 64.7 Å². The van der Waals surface area contributed by atoms with Crippen LogP contribution in [0.5, 0.6) is 0 Å². The van der Waals surface area contributed by atoms with Crippen LogP contribution >= 0.6 is 11.6 Å². The van der Waals surface area contributed by atoms with Crippen LogP contribution in [0.2, 0.25) is 5.02 Å². The van der Waals surface area contributed by atoms with Gasteiger partial charge in [-0.1, -0.05) is 23.7 Å². The van der Waals surface area contributed by atoms with Crippen LogP contribution in [0.25, 0.3) is 0 Å². The molecule has 0 radical (unpaired) electrons. The van der Waals surface area contributed by atoms with Gasteiger partial charge in [0, 0.05) is 37.1 Å². The summed E-state index contributed by atoms with van der Waals surface area (Å²) in [5.74, 6) is 0.175. The van der Waals surface area contributed by atoms with E-state index in [2.05, 4.69) is 25.7 Å². The van der Waals surface area contributed by atoms with Crippen LogP contribution in [0.3, 0.4) is 0 Å². The van der Waals surface area contributed by atoms with Gasteiger partial charge in [-0.2, -0.15) is 5.10 Å². The molecule has 0 bridgehead atoms. The number of amides is 1. The Morgan fingerprint density at radius 3 is 2.25 bits per heavy atom. The lowest BCUT2D eigenvalue weighted by atomic mass is 10.0. The Bertz CT molecular complexity index is 984. The van der Waals surface area contributed by atoms with Gasteiger partial charge in [-0.3, -0.25) is 14.4 Å². The Morgan fingerprint density at radius 1 is 1.09 bits per heavy atom. The summed E-state index contributed by atoms with van der Waals surface area (Å²) >= 11 is 6.02. The maximum Gasteiger partial charge on any atom is 0.327 e. The van der Waals surface area contributed by atoms with E-state index in [1.54, 1.807) is 12.1 Å². The second-order valence-corrected chi connectivity index (χ2v) is 10.1. The molecule has 7 nitrogen and oxygen atoms in total. The molecule has 1 aromatic heterocycles. The van der Waals surface area contributed by atoms with Gasteiger partial charge in [0.2, 0.25) is 0 Å². The molecule has 32 heavy (non-hydrogen) atoms. The number of methoxy groups -OCH3 is 1. The Hall–Kier alpha value is -2.38. The number of carbonyl (C=O) groups excluding carboxylic acids is 2. The van der Waals surface area contributed by atoms with Crippen molar-refractivity contribution in [2.75, 3.05) is 33.3 Å². The van der Waals surface area contributed by atoms with Crippen molar-refractivity contribution in [1.29, 1.82) is 0 Å². The van der Waals surface area contributed by atoms with Gasteiger partial charge in [0.25, 0.3) is 5.91 Å². The zero-order chi connectivity index (χ0) is 23.0. The second-order valence-electron chi connectivity index (χ2n) is 9.62. The number of piperazine rings is 1. The minimum atomic E-state index is -0.518. The van der Waals surface area contributed by atoms with E-state index >= 15 is 0 Å². The molecule has 4 rings (SSSR count). The molecule has 1 amide bonds. The summed E-state index contributed by atoms with van der Waals surface area (Å²) in [7, 11) is 1.40. The number of hydrogen-bond acceptors (Lipinski definition) is 5. The number of halogens is 1. The SMILES string of the molecule is COC(=O)C(c1ccc(Cl)cc1)N1CCN(C(=O)c2cc(C3CC3)nn2C(C)(C)C)CC1. The molecule has 0 N–H and O–H groups in total. The van der Waals surface area contributed by atoms with Crippen molar-refractivity contribution in [1.82, 2.24) is 19.6 Å². The van der Waals surface area contributed by atoms with E-state index in [0.29, 0.717) is 42.8 Å². The van der Waals surface area contributed by atoms with E-state index in [9.17, 15) is 9.59 Å². The third-order valence-corrected chi connectivity index (χ3v) is 6.41. The van der Waals surface area contributed by atoms with Crippen molar-refractivity contribution in [3.63, 3.8) is 0 Å². The van der Waals surface area contributed by atoms with Gasteiger partial charge in [0.1, 0.15) is 11.7 Å². The molecule has 1 unspecified atom stereocenters. The fraction of sp³-hybridized carbons (Fsp3) is 0.542. The van der Waals surface area contributed by atoms with E-state index in [0.717, 1.165) is 24.1 Å². The first-order valence-corrected chi connectivity index (χ1v) is 11.5. The minimum Gasteiger partial charge on any atom is -0.468 e. The molecule has 2 aromatic rings. The molecule has 2 heterocycles. The van der Waals surface area contributed by atoms with Crippen LogP contribution in [-0.2, 0) is 15.1 Å². The number of ether oxygens (including phenoxy) is 1. The average molecular weight is 459 g/mol. The zero-order valence-electron chi connectivity index (χ0n) is 19.2. The third kappa shape index (κ3) is 4.69. The lowest BCUT2D eigenvalue weighted by Gasteiger charge is -2.38. The lowest BCUT2D eigenvalue weighted by molar-refractivity contribution is -0.148. The molecule has 1 aromatic carbocycles. The van der Waals surface area contributed by atoms with Crippen LogP contribution in [0.1, 0.15) is 67.3 Å². The van der Waals surface area contributed by atoms with Crippen molar-refractivity contribution in [3.05, 3.63) is 52.3 Å². The topological polar surface area (TPSA) is 67.7 Å². The summed E-state index contributed by atoms with van der Waals surface area (Å²) in [5, 5.41) is 5.39. The van der Waals surface area contributed by atoms with Crippen LogP contribution in [0.4, 0.5) is 0 Å². The molecular formula is C24H31ClN4O3. The fourth-order valence-corrected chi connectivity index (χ4v) is 4.37. The maximum absolute atomic E-state index is 13.4. The molecular weight excluding hydrogens is 428 g/mol. The van der Waals surface area contributed by atoms with E-state index in [4.69, 9.17) is 21.4 Å². The molecule has 1 saturated carbocycles. The standard InChI is InChI=1S/C24H31ClN4O3/c1-24(2,3)29-20(15-19(26-29)16-5-6-16)22(30)28-13-11-27(12-14-28)21(23(31)32-4)17-7-9-18(25)10-8-17/h7-10,15-16,21H,5-6,11-14H2,1-4H3. The number of esters is 1. The van der Waals surface area contributed by atoms with Crippen molar-refractivity contribution >= 4 is 23.5 Å². The van der Waals surface area contributed by atoms with Crippen molar-refractivity contribution in [3.8, 4) is 0 Å². The van der Waals surface area contributed by atoms with Crippen molar-refractivity contribution in [2.45, 2.75) is 51.1 Å². The smallest absolute Gasteiger partial charge is 0.327 e. The van der Waals surface area contributed by atoms with Gasteiger partial charge in [0.05, 0.1) is 18.3 Å². The zero-order valence-corrected chi connectivity index (χ0v) is 19.9. The van der Waals surface area contributed by atoms with Gasteiger partial charge < -0.3 is 9.64 Å². The number of rotatable bonds is 5. The average Bonchev–Trinajstić information content (AvgIpc) is 3.52. The van der Waals surface area contributed by atoms with Crippen LogP contribution in [0.15, 0.2) is 30.3 Å². The number of carbonyl (C=O) groups is 2. The quantitative estimate of drug-likeness (QED) is 0.637. The van der Waals surface area contributed by atoms with Crippen LogP contribution < -0.4 is 0 Å². The molecule has 0 spiro atoms. The van der Waals surface area contributed by atoms with Gasteiger partial charge >= 0.3 is 5.97 Å². The number of benzene rings is 1. The molecule has 8 heteroatoms. The molecule has 1 aliphatic heterocycles. The molecule has 1 saturated heterocycles. The first-order chi connectivity index (χ1) is 15.2. The molecule has 172 valence electrons. The highest BCUT2D eigenvalue weighted by Crippen LogP contribution is 2.40. The number of nitrogens with zero attached hydrogens (tertiary/aromatic N) is 4. The van der Waals surface area contributed by atoms with Crippen LogP contribution in [0, 0.1) is 0 Å². The first-order valence-electron chi connectivity index (χ1n) is 11.2. The second kappa shape index (κ2) is 8.87. The summed E-state index contributed by atoms with van der Waals surface area (Å²) < 4.78 is 6.95. The molecule has 1 atom stereocenters. The number of aromatic nitrogens is 2. The van der Waals surface area contributed by atoms with E-state index in [1.807, 2.05) is 27.8 Å². The van der Waals surface area contributed by atoms with Gasteiger partial charge in [-0.05, 0) is 57.4 Å². The Kier molecular flexibility index (Phi) is 6.32. The van der Waals surface area contributed by atoms with E-state index < -0.39 is 6.04 Å². The first kappa shape index (κ1) is 22.8. The predicted octanol–water partition coefficient (Wildman–Crippen LogP) is 3.84. The highest BCUT2D eigenvalue weighted by Gasteiger charge is 2.36. The summed E-state index contributed by atoms with van der Waals surface area (Å²) in [5.41, 5.74) is 2.23. The lowest BCUT2D eigenvalue weighted by Crippen LogP contribution is -2.51. The number of hydrogen-bond donors (Lipinski definition) is 0. The molecule has 2 fully saturated rings. The predicted molar refractivity (Wildman–Crippen MR) is 123 cm³/mol. The summed E-state index contributed by atoms with van der Waals surface area (Å²) in [6.45, 7) is 8.43. The van der Waals surface area contributed by atoms with E-state index in [1.165, 1.54) is 7.11 Å². The molecule has 2 aliphatic rings. The third-order valence-electron chi connectivity index (χ3n) is 6.16. The van der Waals surface area contributed by atoms with Crippen molar-refractivity contribution in [2.24, 2.45) is 0 Å². The van der Waals surface area contributed by atoms with E-state index in [-0.39, 0.29) is 17.4 Å². The largest absolute Gasteiger partial charge is 0.468 e. The Labute approximate surface area is 194 Å². The highest BCUT2D eigenvalue weighted by atomic mass is 35.5. The van der Waals surface area contributed by atoms with Gasteiger partial charge in [0.15, 0.2) is 0 Å². The maximum atomic E-state index is 13.4. The van der Waals surface area contributed by atoms with Gasteiger partial charge in [-0.25, -0.2) is 4.79 Å². The monoisotopic (exact) mass is 458 g/mol. The fourth-order valence-electron chi connectivity index (χ4n) is 4.24. The van der Waals surface area contributed by atoms with Gasteiger partial charge in [-0.15, -0.1) is 0 Å². The minimum absolute atomic E-state index is 0.0000796. The Morgan fingerprint density at radius 2 is 1.72 bits per heavy atom. The summed E-state index contributed by atoms with van der Waals surface area (Å²) in [4.78, 5) is 29.9. The molecule has 1 aliphatic carbocycles. The summed E-state index contributed by atoms with van der Waals surface area (Å²) in [6.07, 6.45) is 2.29. The van der Waals surface area contributed by atoms with Crippen molar-refractivity contribution < 1.29 is 14.3 Å².